The Hall–Kier alpha value is -2.10. The fourth-order valence-electron chi connectivity index (χ4n) is 2.09. The minimum atomic E-state index is 0.0348. The van der Waals surface area contributed by atoms with E-state index in [0.717, 1.165) is 23.4 Å². The molecule has 0 saturated heterocycles. The molecule has 2 aromatic rings. The van der Waals surface area contributed by atoms with Crippen LogP contribution in [0.4, 0.5) is 0 Å². The monoisotopic (exact) mass is 257 g/mol. The van der Waals surface area contributed by atoms with Gasteiger partial charge >= 0.3 is 0 Å². The van der Waals surface area contributed by atoms with Crippen molar-refractivity contribution in [2.24, 2.45) is 0 Å². The number of hydrogen-bond acceptors (Lipinski definition) is 2. The summed E-state index contributed by atoms with van der Waals surface area (Å²) in [5.41, 5.74) is 2.87. The van der Waals surface area contributed by atoms with E-state index in [1.165, 1.54) is 0 Å². The highest BCUT2D eigenvalue weighted by Crippen LogP contribution is 2.10. The Bertz CT molecular complexity index is 574. The van der Waals surface area contributed by atoms with E-state index in [9.17, 15) is 4.79 Å². The van der Waals surface area contributed by atoms with Crippen LogP contribution in [0.2, 0.25) is 0 Å². The maximum absolute atomic E-state index is 12.3. The molecule has 4 nitrogen and oxygen atoms in total. The third-order valence-corrected chi connectivity index (χ3v) is 3.11. The number of benzene rings is 1. The number of aromatic nitrogens is 2. The number of amides is 1. The van der Waals surface area contributed by atoms with Gasteiger partial charge in [-0.05, 0) is 32.0 Å². The summed E-state index contributed by atoms with van der Waals surface area (Å²) in [5.74, 6) is 0.0348. The van der Waals surface area contributed by atoms with E-state index >= 15 is 0 Å². The highest BCUT2D eigenvalue weighted by Gasteiger charge is 2.13. The van der Waals surface area contributed by atoms with Crippen LogP contribution in [0.15, 0.2) is 36.5 Å². The van der Waals surface area contributed by atoms with Crippen molar-refractivity contribution >= 4 is 5.91 Å². The van der Waals surface area contributed by atoms with Crippen LogP contribution in [0.25, 0.3) is 0 Å². The summed E-state index contributed by atoms with van der Waals surface area (Å²) < 4.78 is 1.90. The summed E-state index contributed by atoms with van der Waals surface area (Å²) >= 11 is 0. The van der Waals surface area contributed by atoms with Crippen molar-refractivity contribution < 1.29 is 4.79 Å². The van der Waals surface area contributed by atoms with Gasteiger partial charge in [-0.2, -0.15) is 5.10 Å². The fourth-order valence-corrected chi connectivity index (χ4v) is 2.09. The molecule has 19 heavy (non-hydrogen) atoms. The van der Waals surface area contributed by atoms with Crippen molar-refractivity contribution in [3.8, 4) is 0 Å². The Morgan fingerprint density at radius 3 is 2.84 bits per heavy atom. The average molecular weight is 257 g/mol. The highest BCUT2D eigenvalue weighted by atomic mass is 16.2. The molecule has 0 saturated carbocycles. The first-order valence-electron chi connectivity index (χ1n) is 6.44. The summed E-state index contributed by atoms with van der Waals surface area (Å²) in [6.45, 7) is 5.41. The molecule has 0 radical (unpaired) electrons. The Morgan fingerprint density at radius 2 is 2.16 bits per heavy atom. The van der Waals surface area contributed by atoms with Gasteiger partial charge in [-0.1, -0.05) is 17.7 Å². The Morgan fingerprint density at radius 1 is 1.37 bits per heavy atom. The molecule has 0 spiro atoms. The predicted octanol–water partition coefficient (Wildman–Crippen LogP) is 2.48. The Kier molecular flexibility index (Phi) is 4.00. The average Bonchev–Trinajstić information content (AvgIpc) is 2.85. The Labute approximate surface area is 113 Å². The second-order valence-corrected chi connectivity index (χ2v) is 4.67. The lowest BCUT2D eigenvalue weighted by Crippen LogP contribution is -2.27. The second-order valence-electron chi connectivity index (χ2n) is 4.67. The van der Waals surface area contributed by atoms with Crippen LogP contribution < -0.4 is 0 Å². The molecule has 100 valence electrons. The second kappa shape index (κ2) is 5.69. The maximum atomic E-state index is 12.3. The molecule has 0 atom stereocenters. The first-order chi connectivity index (χ1) is 9.11. The molecule has 0 aliphatic rings. The van der Waals surface area contributed by atoms with Crippen LogP contribution in [0.5, 0.6) is 0 Å². The molecule has 0 aliphatic heterocycles. The summed E-state index contributed by atoms with van der Waals surface area (Å²) in [4.78, 5) is 14.0. The fraction of sp³-hybridized carbons (Fsp3) is 0.333. The highest BCUT2D eigenvalue weighted by molar-refractivity contribution is 5.94. The quantitative estimate of drug-likeness (QED) is 0.844. The lowest BCUT2D eigenvalue weighted by molar-refractivity contribution is 0.0781. The molecule has 0 unspecified atom stereocenters. The predicted molar refractivity (Wildman–Crippen MR) is 74.9 cm³/mol. The zero-order valence-corrected chi connectivity index (χ0v) is 11.6. The molecular formula is C15H19N3O. The zero-order valence-electron chi connectivity index (χ0n) is 11.6. The smallest absolute Gasteiger partial charge is 0.253 e. The summed E-state index contributed by atoms with van der Waals surface area (Å²) in [6, 6.07) is 9.61. The van der Waals surface area contributed by atoms with E-state index < -0.39 is 0 Å². The minimum absolute atomic E-state index is 0.0348. The normalized spacial score (nSPS) is 10.5. The molecule has 4 heteroatoms. The molecule has 0 fully saturated rings. The zero-order chi connectivity index (χ0) is 13.8. The molecule has 1 aromatic carbocycles. The molecule has 0 aliphatic carbocycles. The van der Waals surface area contributed by atoms with Gasteiger partial charge in [-0.15, -0.1) is 0 Å². The van der Waals surface area contributed by atoms with Crippen LogP contribution in [-0.2, 0) is 13.1 Å². The standard InChI is InChI=1S/C15H19N3O/c1-4-18-14(8-9-16-18)11-17(3)15(19)13-7-5-6-12(2)10-13/h5-10H,4,11H2,1-3H3. The van der Waals surface area contributed by atoms with E-state index in [4.69, 9.17) is 0 Å². The van der Waals surface area contributed by atoms with Gasteiger partial charge in [0.15, 0.2) is 0 Å². The van der Waals surface area contributed by atoms with E-state index in [-0.39, 0.29) is 5.91 Å². The van der Waals surface area contributed by atoms with E-state index in [2.05, 4.69) is 5.10 Å². The van der Waals surface area contributed by atoms with Crippen LogP contribution in [0.3, 0.4) is 0 Å². The van der Waals surface area contributed by atoms with Gasteiger partial charge < -0.3 is 4.90 Å². The SMILES string of the molecule is CCn1nccc1CN(C)C(=O)c1cccc(C)c1. The van der Waals surface area contributed by atoms with E-state index in [1.54, 1.807) is 11.1 Å². The van der Waals surface area contributed by atoms with Crippen molar-refractivity contribution in [2.75, 3.05) is 7.05 Å². The van der Waals surface area contributed by atoms with Gasteiger partial charge in [0.2, 0.25) is 0 Å². The van der Waals surface area contributed by atoms with Gasteiger partial charge in [0.05, 0.1) is 12.2 Å². The lowest BCUT2D eigenvalue weighted by Gasteiger charge is -2.18. The van der Waals surface area contributed by atoms with Crippen LogP contribution >= 0.6 is 0 Å². The molecule has 1 amide bonds. The van der Waals surface area contributed by atoms with Gasteiger partial charge in [0.25, 0.3) is 5.91 Å². The largest absolute Gasteiger partial charge is 0.336 e. The van der Waals surface area contributed by atoms with Crippen molar-refractivity contribution in [2.45, 2.75) is 26.9 Å². The topological polar surface area (TPSA) is 38.1 Å². The molecule has 0 N–H and O–H groups in total. The first-order valence-corrected chi connectivity index (χ1v) is 6.44. The third-order valence-electron chi connectivity index (χ3n) is 3.11. The van der Waals surface area contributed by atoms with Crippen molar-refractivity contribution in [3.05, 3.63) is 53.3 Å². The molecule has 1 heterocycles. The summed E-state index contributed by atoms with van der Waals surface area (Å²) in [6.07, 6.45) is 1.77. The summed E-state index contributed by atoms with van der Waals surface area (Å²) in [7, 11) is 1.82. The van der Waals surface area contributed by atoms with Gasteiger partial charge in [0, 0.05) is 25.4 Å². The van der Waals surface area contributed by atoms with E-state index in [0.29, 0.717) is 6.54 Å². The number of rotatable bonds is 4. The van der Waals surface area contributed by atoms with Crippen molar-refractivity contribution in [1.29, 1.82) is 0 Å². The third kappa shape index (κ3) is 3.02. The van der Waals surface area contributed by atoms with Crippen LogP contribution in [-0.4, -0.2) is 27.6 Å². The maximum Gasteiger partial charge on any atom is 0.253 e. The van der Waals surface area contributed by atoms with Crippen LogP contribution in [0.1, 0.15) is 28.5 Å². The van der Waals surface area contributed by atoms with Crippen molar-refractivity contribution in [1.82, 2.24) is 14.7 Å². The number of hydrogen-bond donors (Lipinski definition) is 0. The number of nitrogens with zero attached hydrogens (tertiary/aromatic N) is 3. The molecular weight excluding hydrogens is 238 g/mol. The van der Waals surface area contributed by atoms with Gasteiger partial charge in [-0.3, -0.25) is 9.48 Å². The van der Waals surface area contributed by atoms with Crippen molar-refractivity contribution in [3.63, 3.8) is 0 Å². The lowest BCUT2D eigenvalue weighted by atomic mass is 10.1. The molecule has 1 aromatic heterocycles. The first kappa shape index (κ1) is 13.3. The number of carbonyl (C=O) groups excluding carboxylic acids is 1. The molecule has 0 bridgehead atoms. The van der Waals surface area contributed by atoms with Gasteiger partial charge in [-0.25, -0.2) is 0 Å². The van der Waals surface area contributed by atoms with E-state index in [1.807, 2.05) is 55.9 Å². The van der Waals surface area contributed by atoms with Gasteiger partial charge in [0.1, 0.15) is 0 Å². The number of aryl methyl sites for hydroxylation is 2. The van der Waals surface area contributed by atoms with Crippen LogP contribution in [0, 0.1) is 6.92 Å². The Balaban J connectivity index is 2.12. The minimum Gasteiger partial charge on any atom is -0.336 e. The molecule has 2 rings (SSSR count). The summed E-state index contributed by atoms with van der Waals surface area (Å²) in [5, 5.41) is 4.21. The number of carbonyl (C=O) groups is 1.